The lowest BCUT2D eigenvalue weighted by Crippen LogP contribution is -2.41. The molecule has 1 aliphatic heterocycles. The van der Waals surface area contributed by atoms with Gasteiger partial charge in [-0.1, -0.05) is 12.5 Å². The van der Waals surface area contributed by atoms with Crippen molar-refractivity contribution in [2.45, 2.75) is 25.7 Å². The van der Waals surface area contributed by atoms with E-state index in [1.165, 1.54) is 0 Å². The molecule has 1 saturated heterocycles. The summed E-state index contributed by atoms with van der Waals surface area (Å²) in [5.41, 5.74) is 0. The predicted molar refractivity (Wildman–Crippen MR) is 86.5 cm³/mol. The van der Waals surface area contributed by atoms with Gasteiger partial charge in [0, 0.05) is 19.0 Å². The molecular weight excluding hydrogens is 296 g/mol. The molecule has 126 valence electrons. The number of benzene rings is 1. The molecule has 0 atom stereocenters. The van der Waals surface area contributed by atoms with Crippen LogP contribution in [0.3, 0.4) is 0 Å². The lowest BCUT2D eigenvalue weighted by Gasteiger charge is -2.19. The molecule has 1 aromatic rings. The summed E-state index contributed by atoms with van der Waals surface area (Å²) in [6, 6.07) is 7.31. The average Bonchev–Trinajstić information content (AvgIpc) is 2.76. The number of rotatable bonds is 7. The second kappa shape index (κ2) is 9.02. The fraction of sp³-hybridized carbons (Fsp3) is 0.529. The van der Waals surface area contributed by atoms with E-state index in [0.717, 1.165) is 25.0 Å². The number of hydrogen-bond acceptors (Lipinski definition) is 4. The number of nitrogens with zero attached hydrogens (tertiary/aromatic N) is 1. The van der Waals surface area contributed by atoms with Gasteiger partial charge in [0.2, 0.25) is 11.8 Å². The lowest BCUT2D eigenvalue weighted by molar-refractivity contribution is -0.135. The van der Waals surface area contributed by atoms with Gasteiger partial charge in [0.15, 0.2) is 0 Å². The smallest absolute Gasteiger partial charge is 0.239 e. The van der Waals surface area contributed by atoms with Crippen molar-refractivity contribution in [3.8, 4) is 11.5 Å². The fourth-order valence-electron chi connectivity index (χ4n) is 2.49. The van der Waals surface area contributed by atoms with E-state index in [1.54, 1.807) is 18.1 Å². The Morgan fingerprint density at radius 1 is 1.26 bits per heavy atom. The highest BCUT2D eigenvalue weighted by Gasteiger charge is 2.18. The first-order valence-corrected chi connectivity index (χ1v) is 8.00. The van der Waals surface area contributed by atoms with Crippen molar-refractivity contribution in [3.05, 3.63) is 24.3 Å². The van der Waals surface area contributed by atoms with Crippen molar-refractivity contribution in [3.63, 3.8) is 0 Å². The summed E-state index contributed by atoms with van der Waals surface area (Å²) < 4.78 is 10.7. The van der Waals surface area contributed by atoms with Crippen LogP contribution < -0.4 is 14.8 Å². The van der Waals surface area contributed by atoms with Gasteiger partial charge < -0.3 is 19.7 Å². The van der Waals surface area contributed by atoms with E-state index in [-0.39, 0.29) is 18.4 Å². The molecule has 1 heterocycles. The molecule has 0 aromatic heterocycles. The standard InChI is InChI=1S/C17H24N2O4/c1-22-14-6-5-7-15(12-14)23-11-9-18-16(20)13-19-10-4-2-3-8-17(19)21/h5-7,12H,2-4,8-11,13H2,1H3,(H,18,20). The van der Waals surface area contributed by atoms with E-state index in [1.807, 2.05) is 18.2 Å². The zero-order valence-corrected chi connectivity index (χ0v) is 13.5. The molecule has 23 heavy (non-hydrogen) atoms. The minimum Gasteiger partial charge on any atom is -0.497 e. The number of carbonyl (C=O) groups is 2. The lowest BCUT2D eigenvalue weighted by atomic mass is 10.2. The molecule has 0 unspecified atom stereocenters. The Bertz CT molecular complexity index is 533. The Balaban J connectivity index is 1.67. The highest BCUT2D eigenvalue weighted by molar-refractivity contribution is 5.84. The van der Waals surface area contributed by atoms with Crippen LogP contribution in [0.5, 0.6) is 11.5 Å². The van der Waals surface area contributed by atoms with Gasteiger partial charge in [-0.15, -0.1) is 0 Å². The van der Waals surface area contributed by atoms with Gasteiger partial charge in [0.25, 0.3) is 0 Å². The number of nitrogens with one attached hydrogen (secondary N) is 1. The summed E-state index contributed by atoms with van der Waals surface area (Å²) in [7, 11) is 1.60. The second-order valence-corrected chi connectivity index (χ2v) is 5.50. The predicted octanol–water partition coefficient (Wildman–Crippen LogP) is 1.59. The molecule has 1 aromatic carbocycles. The normalized spacial score (nSPS) is 15.0. The summed E-state index contributed by atoms with van der Waals surface area (Å²) in [6.45, 7) is 1.58. The zero-order chi connectivity index (χ0) is 16.5. The third-order valence-electron chi connectivity index (χ3n) is 3.74. The summed E-state index contributed by atoms with van der Waals surface area (Å²) in [6.07, 6.45) is 3.49. The number of amides is 2. The van der Waals surface area contributed by atoms with Gasteiger partial charge in [-0.2, -0.15) is 0 Å². The van der Waals surface area contributed by atoms with Crippen LogP contribution in [0, 0.1) is 0 Å². The number of carbonyl (C=O) groups excluding carboxylic acids is 2. The van der Waals surface area contributed by atoms with Crippen molar-refractivity contribution < 1.29 is 19.1 Å². The minimum absolute atomic E-state index is 0.0743. The van der Waals surface area contributed by atoms with E-state index in [0.29, 0.717) is 31.9 Å². The van der Waals surface area contributed by atoms with E-state index in [9.17, 15) is 9.59 Å². The molecule has 0 bridgehead atoms. The largest absolute Gasteiger partial charge is 0.497 e. The van der Waals surface area contributed by atoms with Gasteiger partial charge in [-0.05, 0) is 25.0 Å². The molecular formula is C17H24N2O4. The van der Waals surface area contributed by atoms with Gasteiger partial charge in [-0.25, -0.2) is 0 Å². The first kappa shape index (κ1) is 17.1. The van der Waals surface area contributed by atoms with Crippen molar-refractivity contribution in [1.82, 2.24) is 10.2 Å². The van der Waals surface area contributed by atoms with Gasteiger partial charge in [0.1, 0.15) is 18.1 Å². The van der Waals surface area contributed by atoms with Crippen LogP contribution in [0.4, 0.5) is 0 Å². The monoisotopic (exact) mass is 320 g/mol. The second-order valence-electron chi connectivity index (χ2n) is 5.50. The number of ether oxygens (including phenoxy) is 2. The van der Waals surface area contributed by atoms with E-state index in [4.69, 9.17) is 9.47 Å². The van der Waals surface area contributed by atoms with E-state index >= 15 is 0 Å². The summed E-state index contributed by atoms with van der Waals surface area (Å²) in [5.74, 6) is 1.35. The third-order valence-corrected chi connectivity index (χ3v) is 3.74. The number of hydrogen-bond donors (Lipinski definition) is 1. The third kappa shape index (κ3) is 5.81. The molecule has 0 saturated carbocycles. The van der Waals surface area contributed by atoms with Crippen LogP contribution in [-0.4, -0.2) is 50.1 Å². The maximum Gasteiger partial charge on any atom is 0.239 e. The SMILES string of the molecule is COc1cccc(OCCNC(=O)CN2CCCCCC2=O)c1. The van der Waals surface area contributed by atoms with Crippen molar-refractivity contribution in [2.75, 3.05) is 33.4 Å². The van der Waals surface area contributed by atoms with Crippen LogP contribution in [0.1, 0.15) is 25.7 Å². The summed E-state index contributed by atoms with van der Waals surface area (Å²) in [5, 5.41) is 2.78. The maximum atomic E-state index is 11.9. The number of methoxy groups -OCH3 is 1. The Kier molecular flexibility index (Phi) is 6.72. The Hall–Kier alpha value is -2.24. The fourth-order valence-corrected chi connectivity index (χ4v) is 2.49. The van der Waals surface area contributed by atoms with E-state index < -0.39 is 0 Å². The van der Waals surface area contributed by atoms with Crippen LogP contribution in [0.25, 0.3) is 0 Å². The van der Waals surface area contributed by atoms with Gasteiger partial charge in [-0.3, -0.25) is 9.59 Å². The minimum atomic E-state index is -0.144. The zero-order valence-electron chi connectivity index (χ0n) is 13.5. The van der Waals surface area contributed by atoms with Crippen molar-refractivity contribution in [2.24, 2.45) is 0 Å². The molecule has 2 amide bonds. The average molecular weight is 320 g/mol. The summed E-state index contributed by atoms with van der Waals surface area (Å²) >= 11 is 0. The van der Waals surface area contributed by atoms with Crippen LogP contribution >= 0.6 is 0 Å². The van der Waals surface area contributed by atoms with Crippen LogP contribution in [-0.2, 0) is 9.59 Å². The Morgan fingerprint density at radius 3 is 2.91 bits per heavy atom. The van der Waals surface area contributed by atoms with Crippen LogP contribution in [0.2, 0.25) is 0 Å². The topological polar surface area (TPSA) is 67.9 Å². The first-order chi connectivity index (χ1) is 11.2. The molecule has 0 spiro atoms. The molecule has 6 heteroatoms. The maximum absolute atomic E-state index is 11.9. The molecule has 0 aliphatic carbocycles. The quantitative estimate of drug-likeness (QED) is 0.775. The van der Waals surface area contributed by atoms with Crippen molar-refractivity contribution in [1.29, 1.82) is 0 Å². The molecule has 1 N–H and O–H groups in total. The van der Waals surface area contributed by atoms with Gasteiger partial charge >= 0.3 is 0 Å². The highest BCUT2D eigenvalue weighted by atomic mass is 16.5. The Morgan fingerprint density at radius 2 is 2.09 bits per heavy atom. The first-order valence-electron chi connectivity index (χ1n) is 8.00. The molecule has 1 aliphatic rings. The van der Waals surface area contributed by atoms with Crippen molar-refractivity contribution >= 4 is 11.8 Å². The molecule has 1 fully saturated rings. The van der Waals surface area contributed by atoms with Gasteiger partial charge in [0.05, 0.1) is 20.2 Å². The molecule has 6 nitrogen and oxygen atoms in total. The molecule has 2 rings (SSSR count). The Labute approximate surface area is 136 Å². The van der Waals surface area contributed by atoms with Crippen LogP contribution in [0.15, 0.2) is 24.3 Å². The number of likely N-dealkylation sites (tertiary alicyclic amines) is 1. The summed E-state index contributed by atoms with van der Waals surface area (Å²) in [4.78, 5) is 25.4. The molecule has 0 radical (unpaired) electrons. The van der Waals surface area contributed by atoms with E-state index in [2.05, 4.69) is 5.32 Å². The highest BCUT2D eigenvalue weighted by Crippen LogP contribution is 2.18.